The van der Waals surface area contributed by atoms with E-state index >= 15 is 0 Å². The fourth-order valence-electron chi connectivity index (χ4n) is 2.01. The highest BCUT2D eigenvalue weighted by molar-refractivity contribution is 5.67. The molecule has 0 N–H and O–H groups in total. The molecule has 0 aliphatic carbocycles. The maximum absolute atomic E-state index is 11.8. The van der Waals surface area contributed by atoms with Crippen LogP contribution in [0.25, 0.3) is 0 Å². The summed E-state index contributed by atoms with van der Waals surface area (Å²) in [5.41, 5.74) is 1.35. The number of piperidine rings is 1. The summed E-state index contributed by atoms with van der Waals surface area (Å²) in [6.07, 6.45) is 9.07. The van der Waals surface area contributed by atoms with Crippen LogP contribution in [0.1, 0.15) is 58.8 Å². The maximum atomic E-state index is 11.8. The van der Waals surface area contributed by atoms with Crippen LogP contribution >= 0.6 is 0 Å². The molecule has 1 amide bonds. The standard InChI is InChI=1S/C17H27NO2/c1-3-5-7-8-9-10-16-11-13-18(14-12-16)17(19)20-15-6-4-2/h10H,3-7,11-15H2,1-2H3. The zero-order valence-electron chi connectivity index (χ0n) is 12.9. The maximum Gasteiger partial charge on any atom is 0.409 e. The highest BCUT2D eigenvalue weighted by Gasteiger charge is 2.19. The minimum Gasteiger partial charge on any atom is -0.449 e. The van der Waals surface area contributed by atoms with Crippen molar-refractivity contribution in [2.24, 2.45) is 0 Å². The third-order valence-corrected chi connectivity index (χ3v) is 3.42. The Bertz CT molecular complexity index is 366. The van der Waals surface area contributed by atoms with E-state index in [2.05, 4.69) is 25.7 Å². The first kappa shape index (κ1) is 16.6. The van der Waals surface area contributed by atoms with Crippen LogP contribution in [0.2, 0.25) is 0 Å². The first-order chi connectivity index (χ1) is 9.77. The first-order valence-corrected chi connectivity index (χ1v) is 7.86. The number of allylic oxidation sites excluding steroid dienone is 1. The minimum atomic E-state index is -0.161. The predicted molar refractivity (Wildman–Crippen MR) is 82.4 cm³/mol. The van der Waals surface area contributed by atoms with Crippen molar-refractivity contribution < 1.29 is 9.53 Å². The number of ether oxygens (including phenoxy) is 1. The molecular formula is C17H27NO2. The van der Waals surface area contributed by atoms with Crippen molar-refractivity contribution in [2.45, 2.75) is 58.8 Å². The lowest BCUT2D eigenvalue weighted by molar-refractivity contribution is 0.0983. The van der Waals surface area contributed by atoms with Gasteiger partial charge in [0.25, 0.3) is 0 Å². The van der Waals surface area contributed by atoms with E-state index in [9.17, 15) is 4.79 Å². The second kappa shape index (κ2) is 10.4. The third-order valence-electron chi connectivity index (χ3n) is 3.42. The zero-order valence-corrected chi connectivity index (χ0v) is 12.9. The molecule has 0 atom stereocenters. The first-order valence-electron chi connectivity index (χ1n) is 7.86. The average molecular weight is 277 g/mol. The number of unbranched alkanes of at least 4 members (excludes halogenated alkanes) is 3. The van der Waals surface area contributed by atoms with Gasteiger partial charge in [-0.1, -0.05) is 44.1 Å². The molecule has 3 nitrogen and oxygen atoms in total. The number of carbonyl (C=O) groups excluding carboxylic acids is 1. The van der Waals surface area contributed by atoms with Crippen molar-refractivity contribution in [2.75, 3.05) is 19.7 Å². The van der Waals surface area contributed by atoms with Gasteiger partial charge in [-0.2, -0.15) is 0 Å². The van der Waals surface area contributed by atoms with Gasteiger partial charge in [0.1, 0.15) is 0 Å². The Morgan fingerprint density at radius 1 is 1.25 bits per heavy atom. The van der Waals surface area contributed by atoms with Crippen molar-refractivity contribution in [3.8, 4) is 11.8 Å². The van der Waals surface area contributed by atoms with Gasteiger partial charge >= 0.3 is 6.09 Å². The normalized spacial score (nSPS) is 14.5. The second-order valence-corrected chi connectivity index (χ2v) is 5.18. The van der Waals surface area contributed by atoms with Crippen LogP contribution in [0.5, 0.6) is 0 Å². The molecule has 3 heteroatoms. The monoisotopic (exact) mass is 277 g/mol. The Hall–Kier alpha value is -1.43. The summed E-state index contributed by atoms with van der Waals surface area (Å²) in [5, 5.41) is 0. The minimum absolute atomic E-state index is 0.161. The SMILES string of the molecule is CCCCC#CC=C1CCN(C(=O)OCCCC)CC1. The number of rotatable bonds is 5. The summed E-state index contributed by atoms with van der Waals surface area (Å²) in [5.74, 6) is 6.30. The molecule has 0 unspecified atom stereocenters. The van der Waals surface area contributed by atoms with E-state index in [1.807, 2.05) is 6.08 Å². The van der Waals surface area contributed by atoms with E-state index in [1.54, 1.807) is 4.90 Å². The summed E-state index contributed by atoms with van der Waals surface area (Å²) >= 11 is 0. The van der Waals surface area contributed by atoms with Crippen LogP contribution in [-0.4, -0.2) is 30.7 Å². The number of nitrogens with zero attached hydrogens (tertiary/aromatic N) is 1. The van der Waals surface area contributed by atoms with Crippen LogP contribution in [0.3, 0.4) is 0 Å². The van der Waals surface area contributed by atoms with Crippen molar-refractivity contribution in [3.63, 3.8) is 0 Å². The lowest BCUT2D eigenvalue weighted by atomic mass is 10.0. The Balaban J connectivity index is 2.26. The van der Waals surface area contributed by atoms with E-state index in [0.29, 0.717) is 6.61 Å². The molecule has 0 spiro atoms. The van der Waals surface area contributed by atoms with E-state index in [0.717, 1.165) is 45.2 Å². The molecule has 0 bridgehead atoms. The Morgan fingerprint density at radius 2 is 1.95 bits per heavy atom. The molecule has 0 radical (unpaired) electrons. The lowest BCUT2D eigenvalue weighted by Gasteiger charge is -2.27. The smallest absolute Gasteiger partial charge is 0.409 e. The van der Waals surface area contributed by atoms with Gasteiger partial charge in [-0.25, -0.2) is 4.79 Å². The molecule has 1 saturated heterocycles. The van der Waals surface area contributed by atoms with Crippen molar-refractivity contribution in [1.82, 2.24) is 4.90 Å². The van der Waals surface area contributed by atoms with Crippen LogP contribution in [0.4, 0.5) is 4.79 Å². The molecular weight excluding hydrogens is 250 g/mol. The van der Waals surface area contributed by atoms with Crippen LogP contribution in [0, 0.1) is 11.8 Å². The van der Waals surface area contributed by atoms with Gasteiger partial charge in [-0.05, 0) is 31.8 Å². The van der Waals surface area contributed by atoms with Crippen molar-refractivity contribution >= 4 is 6.09 Å². The predicted octanol–water partition coefficient (Wildman–Crippen LogP) is 4.14. The van der Waals surface area contributed by atoms with Crippen molar-refractivity contribution in [1.29, 1.82) is 0 Å². The summed E-state index contributed by atoms with van der Waals surface area (Å²) < 4.78 is 5.22. The lowest BCUT2D eigenvalue weighted by Crippen LogP contribution is -2.36. The Kier molecular flexibility index (Phi) is 8.62. The third kappa shape index (κ3) is 6.65. The van der Waals surface area contributed by atoms with E-state index in [1.165, 1.54) is 18.4 Å². The number of likely N-dealkylation sites (tertiary alicyclic amines) is 1. The Morgan fingerprint density at radius 3 is 2.60 bits per heavy atom. The van der Waals surface area contributed by atoms with E-state index in [-0.39, 0.29) is 6.09 Å². The van der Waals surface area contributed by atoms with Gasteiger partial charge in [0.05, 0.1) is 6.61 Å². The van der Waals surface area contributed by atoms with Crippen LogP contribution < -0.4 is 0 Å². The quantitative estimate of drug-likeness (QED) is 0.558. The number of hydrogen-bond donors (Lipinski definition) is 0. The van der Waals surface area contributed by atoms with Gasteiger partial charge in [0, 0.05) is 19.5 Å². The Labute approximate surface area is 123 Å². The molecule has 1 aliphatic rings. The van der Waals surface area contributed by atoms with Gasteiger partial charge in [0.2, 0.25) is 0 Å². The average Bonchev–Trinajstić information content (AvgIpc) is 2.48. The molecule has 0 aromatic carbocycles. The van der Waals surface area contributed by atoms with Crippen molar-refractivity contribution in [3.05, 3.63) is 11.6 Å². The van der Waals surface area contributed by atoms with Gasteiger partial charge < -0.3 is 9.64 Å². The van der Waals surface area contributed by atoms with Gasteiger partial charge in [-0.3, -0.25) is 0 Å². The fourth-order valence-corrected chi connectivity index (χ4v) is 2.01. The molecule has 0 aromatic rings. The second-order valence-electron chi connectivity index (χ2n) is 5.18. The zero-order chi connectivity index (χ0) is 14.6. The number of carbonyl (C=O) groups is 1. The van der Waals surface area contributed by atoms with Gasteiger partial charge in [0.15, 0.2) is 0 Å². The number of hydrogen-bond acceptors (Lipinski definition) is 2. The molecule has 1 heterocycles. The molecule has 1 rings (SSSR count). The summed E-state index contributed by atoms with van der Waals surface area (Å²) in [6, 6.07) is 0. The molecule has 1 aliphatic heterocycles. The van der Waals surface area contributed by atoms with Crippen LogP contribution in [-0.2, 0) is 4.74 Å². The van der Waals surface area contributed by atoms with Gasteiger partial charge in [-0.15, -0.1) is 0 Å². The molecule has 0 saturated carbocycles. The van der Waals surface area contributed by atoms with Crippen LogP contribution in [0.15, 0.2) is 11.6 Å². The fraction of sp³-hybridized carbons (Fsp3) is 0.706. The highest BCUT2D eigenvalue weighted by Crippen LogP contribution is 2.16. The van der Waals surface area contributed by atoms with E-state index in [4.69, 9.17) is 4.74 Å². The topological polar surface area (TPSA) is 29.5 Å². The summed E-state index contributed by atoms with van der Waals surface area (Å²) in [6.45, 7) is 6.32. The molecule has 112 valence electrons. The summed E-state index contributed by atoms with van der Waals surface area (Å²) in [7, 11) is 0. The number of amides is 1. The molecule has 1 fully saturated rings. The highest BCUT2D eigenvalue weighted by atomic mass is 16.6. The molecule has 0 aromatic heterocycles. The summed E-state index contributed by atoms with van der Waals surface area (Å²) in [4.78, 5) is 13.6. The largest absolute Gasteiger partial charge is 0.449 e. The van der Waals surface area contributed by atoms with E-state index < -0.39 is 0 Å². The molecule has 20 heavy (non-hydrogen) atoms.